The van der Waals surface area contributed by atoms with Crippen LogP contribution in [0.5, 0.6) is 5.75 Å². The normalized spacial score (nSPS) is 11.3. The van der Waals surface area contributed by atoms with Crippen LogP contribution in [0.4, 0.5) is 8.78 Å². The van der Waals surface area contributed by atoms with Gasteiger partial charge in [0.05, 0.1) is 0 Å². The molecule has 2 nitrogen and oxygen atoms in total. The molecule has 0 atom stereocenters. The van der Waals surface area contributed by atoms with Crippen molar-refractivity contribution in [3.8, 4) is 5.75 Å². The number of benzene rings is 2. The lowest BCUT2D eigenvalue weighted by molar-refractivity contribution is 0.0857. The van der Waals surface area contributed by atoms with Gasteiger partial charge < -0.3 is 4.74 Å². The van der Waals surface area contributed by atoms with Crippen molar-refractivity contribution in [2.45, 2.75) is 27.4 Å². The van der Waals surface area contributed by atoms with Crippen LogP contribution >= 0.6 is 0 Å². The van der Waals surface area contributed by atoms with Crippen LogP contribution in [0.25, 0.3) is 0 Å². The minimum absolute atomic E-state index is 0.0646. The maximum atomic E-state index is 14.0. The molecule has 2 aromatic rings. The number of carbonyl (C=O) groups is 1. The van der Waals surface area contributed by atoms with Gasteiger partial charge in [0, 0.05) is 11.0 Å². The van der Waals surface area contributed by atoms with Crippen molar-refractivity contribution in [2.75, 3.05) is 0 Å². The molecular weight excluding hydrogens is 286 g/mol. The van der Waals surface area contributed by atoms with Crippen LogP contribution < -0.4 is 4.74 Å². The Morgan fingerprint density at radius 1 is 1.05 bits per heavy atom. The molecule has 2 rings (SSSR count). The zero-order valence-corrected chi connectivity index (χ0v) is 12.8. The number of hydrogen-bond donors (Lipinski definition) is 0. The van der Waals surface area contributed by atoms with E-state index in [9.17, 15) is 13.6 Å². The van der Waals surface area contributed by atoms with E-state index in [1.807, 2.05) is 0 Å². The third-order valence-electron chi connectivity index (χ3n) is 3.18. The van der Waals surface area contributed by atoms with Crippen molar-refractivity contribution >= 4 is 5.78 Å². The molecule has 0 aliphatic rings. The van der Waals surface area contributed by atoms with Crippen molar-refractivity contribution in [2.24, 2.45) is 5.41 Å². The zero-order chi connectivity index (χ0) is 16.3. The molecule has 0 N–H and O–H groups in total. The van der Waals surface area contributed by atoms with E-state index in [1.165, 1.54) is 24.3 Å². The highest BCUT2D eigenvalue weighted by molar-refractivity contribution is 5.99. The third-order valence-corrected chi connectivity index (χ3v) is 3.18. The van der Waals surface area contributed by atoms with Gasteiger partial charge in [0.25, 0.3) is 0 Å². The largest absolute Gasteiger partial charge is 0.486 e. The molecule has 0 bridgehead atoms. The summed E-state index contributed by atoms with van der Waals surface area (Å²) < 4.78 is 32.2. The molecule has 4 heteroatoms. The van der Waals surface area contributed by atoms with Crippen molar-refractivity contribution in [3.05, 3.63) is 65.2 Å². The highest BCUT2D eigenvalue weighted by atomic mass is 19.1. The maximum Gasteiger partial charge on any atom is 0.168 e. The number of ether oxygens (including phenoxy) is 1. The maximum absolute atomic E-state index is 14.0. The van der Waals surface area contributed by atoms with Crippen LogP contribution in [-0.4, -0.2) is 5.78 Å². The Morgan fingerprint density at radius 2 is 1.68 bits per heavy atom. The molecule has 0 aliphatic carbocycles. The number of ketones is 1. The van der Waals surface area contributed by atoms with Crippen molar-refractivity contribution in [1.29, 1.82) is 0 Å². The molecule has 0 amide bonds. The van der Waals surface area contributed by atoms with Crippen LogP contribution in [0.15, 0.2) is 42.5 Å². The van der Waals surface area contributed by atoms with Crippen molar-refractivity contribution < 1.29 is 18.3 Å². The van der Waals surface area contributed by atoms with E-state index >= 15 is 0 Å². The standard InChI is InChI=1S/C18H18F2O2/c1-18(2,3)17(21)13-6-9-16(15(20)10-13)22-11-12-4-7-14(19)8-5-12/h4-10H,11H2,1-3H3. The molecule has 0 fully saturated rings. The first-order chi connectivity index (χ1) is 10.3. The predicted octanol–water partition coefficient (Wildman–Crippen LogP) is 4.77. The molecule has 0 heterocycles. The van der Waals surface area contributed by atoms with Crippen LogP contribution in [0, 0.1) is 17.0 Å². The Morgan fingerprint density at radius 3 is 2.23 bits per heavy atom. The molecule has 0 spiro atoms. The summed E-state index contributed by atoms with van der Waals surface area (Å²) in [7, 11) is 0. The van der Waals surface area contributed by atoms with Gasteiger partial charge in [-0.3, -0.25) is 4.79 Å². The second-order valence-corrected chi connectivity index (χ2v) is 6.14. The average Bonchev–Trinajstić information content (AvgIpc) is 2.46. The molecule has 0 aromatic heterocycles. The molecule has 0 saturated heterocycles. The fourth-order valence-electron chi connectivity index (χ4n) is 1.93. The lowest BCUT2D eigenvalue weighted by atomic mass is 9.86. The number of carbonyl (C=O) groups excluding carboxylic acids is 1. The first kappa shape index (κ1) is 16.1. The molecule has 0 radical (unpaired) electrons. The topological polar surface area (TPSA) is 26.3 Å². The highest BCUT2D eigenvalue weighted by Crippen LogP contribution is 2.25. The van der Waals surface area contributed by atoms with E-state index in [4.69, 9.17) is 4.74 Å². The monoisotopic (exact) mass is 304 g/mol. The summed E-state index contributed by atoms with van der Waals surface area (Å²) in [6.45, 7) is 5.48. The van der Waals surface area contributed by atoms with Crippen LogP contribution in [-0.2, 0) is 6.61 Å². The molecule has 0 aliphatic heterocycles. The fraction of sp³-hybridized carbons (Fsp3) is 0.278. The Kier molecular flexibility index (Phi) is 4.59. The van der Waals surface area contributed by atoms with Crippen LogP contribution in [0.2, 0.25) is 0 Å². The van der Waals surface area contributed by atoms with Gasteiger partial charge in [0.1, 0.15) is 12.4 Å². The summed E-state index contributed by atoms with van der Waals surface area (Å²) in [4.78, 5) is 12.1. The zero-order valence-electron chi connectivity index (χ0n) is 12.8. The second kappa shape index (κ2) is 6.26. The van der Waals surface area contributed by atoms with Crippen molar-refractivity contribution in [1.82, 2.24) is 0 Å². The Bertz CT molecular complexity index is 670. The summed E-state index contributed by atoms with van der Waals surface area (Å²) in [5.74, 6) is -0.983. The molecular formula is C18H18F2O2. The molecule has 2 aromatic carbocycles. The number of hydrogen-bond acceptors (Lipinski definition) is 2. The Labute approximate surface area is 128 Å². The summed E-state index contributed by atoms with van der Waals surface area (Å²) in [5.41, 5.74) is 0.484. The summed E-state index contributed by atoms with van der Waals surface area (Å²) >= 11 is 0. The summed E-state index contributed by atoms with van der Waals surface area (Å²) in [5, 5.41) is 0. The van der Waals surface area contributed by atoms with Gasteiger partial charge >= 0.3 is 0 Å². The molecule has 22 heavy (non-hydrogen) atoms. The predicted molar refractivity (Wildman–Crippen MR) is 80.9 cm³/mol. The Hall–Kier alpha value is -2.23. The minimum Gasteiger partial charge on any atom is -0.486 e. The lowest BCUT2D eigenvalue weighted by Gasteiger charge is -2.17. The third kappa shape index (κ3) is 3.91. The van der Waals surface area contributed by atoms with E-state index in [0.717, 1.165) is 5.56 Å². The first-order valence-electron chi connectivity index (χ1n) is 6.99. The second-order valence-electron chi connectivity index (χ2n) is 6.14. The van der Waals surface area contributed by atoms with E-state index in [1.54, 1.807) is 39.0 Å². The quantitative estimate of drug-likeness (QED) is 0.760. The number of Topliss-reactive ketones (excluding diaryl/α,β-unsaturated/α-hetero) is 1. The number of rotatable bonds is 4. The first-order valence-corrected chi connectivity index (χ1v) is 6.99. The highest BCUT2D eigenvalue weighted by Gasteiger charge is 2.23. The van der Waals surface area contributed by atoms with Gasteiger partial charge in [-0.15, -0.1) is 0 Å². The van der Waals surface area contributed by atoms with E-state index in [0.29, 0.717) is 5.56 Å². The van der Waals surface area contributed by atoms with Gasteiger partial charge in [-0.25, -0.2) is 8.78 Å². The van der Waals surface area contributed by atoms with E-state index in [-0.39, 0.29) is 24.0 Å². The lowest BCUT2D eigenvalue weighted by Crippen LogP contribution is -2.20. The van der Waals surface area contributed by atoms with Gasteiger partial charge in [-0.2, -0.15) is 0 Å². The van der Waals surface area contributed by atoms with E-state index in [2.05, 4.69) is 0 Å². The van der Waals surface area contributed by atoms with Crippen LogP contribution in [0.3, 0.4) is 0 Å². The van der Waals surface area contributed by atoms with Gasteiger partial charge in [-0.05, 0) is 35.9 Å². The minimum atomic E-state index is -0.586. The number of halogens is 2. The molecule has 0 saturated carbocycles. The van der Waals surface area contributed by atoms with E-state index < -0.39 is 11.2 Å². The van der Waals surface area contributed by atoms with Gasteiger partial charge in [0.2, 0.25) is 0 Å². The van der Waals surface area contributed by atoms with Gasteiger partial charge in [0.15, 0.2) is 17.3 Å². The van der Waals surface area contributed by atoms with Crippen LogP contribution in [0.1, 0.15) is 36.7 Å². The van der Waals surface area contributed by atoms with Gasteiger partial charge in [-0.1, -0.05) is 32.9 Å². The fourth-order valence-corrected chi connectivity index (χ4v) is 1.93. The Balaban J connectivity index is 2.10. The van der Waals surface area contributed by atoms with Crippen molar-refractivity contribution in [3.63, 3.8) is 0 Å². The summed E-state index contributed by atoms with van der Waals surface area (Å²) in [6, 6.07) is 9.97. The summed E-state index contributed by atoms with van der Waals surface area (Å²) in [6.07, 6.45) is 0. The average molecular weight is 304 g/mol. The SMILES string of the molecule is CC(C)(C)C(=O)c1ccc(OCc2ccc(F)cc2)c(F)c1. The molecule has 0 unspecified atom stereocenters. The smallest absolute Gasteiger partial charge is 0.168 e. The molecule has 116 valence electrons.